The Balaban J connectivity index is 1.30. The molecule has 1 saturated carbocycles. The zero-order valence-electron chi connectivity index (χ0n) is 19.7. The van der Waals surface area contributed by atoms with E-state index in [0.717, 1.165) is 74.4 Å². The van der Waals surface area contributed by atoms with Gasteiger partial charge in [-0.2, -0.15) is 5.10 Å². The lowest BCUT2D eigenvalue weighted by Gasteiger charge is -2.33. The largest absolute Gasteiger partial charge is 0.481 e. The molecule has 4 heterocycles. The van der Waals surface area contributed by atoms with Gasteiger partial charge < -0.3 is 4.74 Å². The Labute approximate surface area is 190 Å². The number of carbonyl (C=O) groups excluding carboxylic acids is 1. The van der Waals surface area contributed by atoms with Gasteiger partial charge in [0.2, 0.25) is 11.8 Å². The summed E-state index contributed by atoms with van der Waals surface area (Å²) in [6, 6.07) is 0. The monoisotopic (exact) mass is 438 g/mol. The van der Waals surface area contributed by atoms with Crippen LogP contribution in [0.1, 0.15) is 66.4 Å². The van der Waals surface area contributed by atoms with Crippen molar-refractivity contribution < 1.29 is 9.53 Å². The predicted molar refractivity (Wildman–Crippen MR) is 122 cm³/mol. The summed E-state index contributed by atoms with van der Waals surface area (Å²) in [7, 11) is 3.63. The lowest BCUT2D eigenvalue weighted by atomic mass is 9.94. The lowest BCUT2D eigenvalue weighted by Crippen LogP contribution is -2.39. The minimum atomic E-state index is 0.226. The zero-order chi connectivity index (χ0) is 22.4. The molecule has 3 aliphatic rings. The van der Waals surface area contributed by atoms with Crippen molar-refractivity contribution >= 4 is 11.7 Å². The third kappa shape index (κ3) is 4.00. The lowest BCUT2D eigenvalue weighted by molar-refractivity contribution is -0.119. The van der Waals surface area contributed by atoms with Crippen molar-refractivity contribution in [3.05, 3.63) is 28.3 Å². The van der Waals surface area contributed by atoms with E-state index in [9.17, 15) is 4.79 Å². The van der Waals surface area contributed by atoms with Crippen LogP contribution in [-0.2, 0) is 24.8 Å². The molecule has 0 radical (unpaired) electrons. The molecule has 0 unspecified atom stereocenters. The first-order valence-corrected chi connectivity index (χ1v) is 11.9. The molecule has 2 aliphatic heterocycles. The van der Waals surface area contributed by atoms with Crippen LogP contribution in [0.15, 0.2) is 0 Å². The Morgan fingerprint density at radius 2 is 1.78 bits per heavy atom. The summed E-state index contributed by atoms with van der Waals surface area (Å²) in [4.78, 5) is 27.0. The molecular formula is C24H34N6O2. The molecule has 172 valence electrons. The molecule has 5 rings (SSSR count). The van der Waals surface area contributed by atoms with Gasteiger partial charge in [0, 0.05) is 43.7 Å². The number of anilines is 1. The van der Waals surface area contributed by atoms with Crippen LogP contribution < -0.4 is 9.64 Å². The highest BCUT2D eigenvalue weighted by atomic mass is 16.5. The van der Waals surface area contributed by atoms with Crippen LogP contribution in [0.25, 0.3) is 0 Å². The van der Waals surface area contributed by atoms with Crippen LogP contribution in [0, 0.1) is 19.8 Å². The van der Waals surface area contributed by atoms with Crippen molar-refractivity contribution in [3.63, 3.8) is 0 Å². The normalized spacial score (nSPS) is 20.0. The number of ether oxygens (including phenoxy) is 1. The highest BCUT2D eigenvalue weighted by molar-refractivity contribution is 5.95. The van der Waals surface area contributed by atoms with E-state index in [-0.39, 0.29) is 5.91 Å². The first-order chi connectivity index (χ1) is 15.4. The first-order valence-electron chi connectivity index (χ1n) is 11.9. The summed E-state index contributed by atoms with van der Waals surface area (Å²) in [5, 5.41) is 4.51. The standard InChI is InChI=1S/C24H34N6O2/c1-15-19-7-8-21(31)30(13-17-5-6-17)23(19)26-22(25-15)18-9-11-29(12-10-18)14-20-16(2)27-28(3)24(20)32-4/h17-18H,5-14H2,1-4H3. The number of hydrogen-bond donors (Lipinski definition) is 0. The highest BCUT2D eigenvalue weighted by Crippen LogP contribution is 2.37. The van der Waals surface area contributed by atoms with Crippen molar-refractivity contribution in [1.82, 2.24) is 24.6 Å². The van der Waals surface area contributed by atoms with Crippen molar-refractivity contribution in [2.75, 3.05) is 31.6 Å². The van der Waals surface area contributed by atoms with Gasteiger partial charge in [0.25, 0.3) is 0 Å². The van der Waals surface area contributed by atoms with Gasteiger partial charge in [0.1, 0.15) is 11.6 Å². The van der Waals surface area contributed by atoms with Crippen LogP contribution in [0.2, 0.25) is 0 Å². The topological polar surface area (TPSA) is 76.4 Å². The fraction of sp³-hybridized carbons (Fsp3) is 0.667. The molecule has 2 aromatic heterocycles. The number of aryl methyl sites for hydroxylation is 3. The molecule has 0 N–H and O–H groups in total. The number of carbonyl (C=O) groups is 1. The van der Waals surface area contributed by atoms with Crippen LogP contribution >= 0.6 is 0 Å². The molecule has 32 heavy (non-hydrogen) atoms. The molecule has 1 saturated heterocycles. The van der Waals surface area contributed by atoms with E-state index in [2.05, 4.69) is 16.9 Å². The molecule has 1 amide bonds. The molecule has 0 aromatic carbocycles. The minimum Gasteiger partial charge on any atom is -0.481 e. The minimum absolute atomic E-state index is 0.226. The average molecular weight is 439 g/mol. The Kier molecular flexibility index (Phi) is 5.65. The van der Waals surface area contributed by atoms with Crippen molar-refractivity contribution in [1.29, 1.82) is 0 Å². The maximum Gasteiger partial charge on any atom is 0.228 e. The number of likely N-dealkylation sites (tertiary alicyclic amines) is 1. The second-order valence-corrected chi connectivity index (χ2v) is 9.66. The fourth-order valence-corrected chi connectivity index (χ4v) is 5.22. The number of hydrogen-bond acceptors (Lipinski definition) is 6. The van der Waals surface area contributed by atoms with Gasteiger partial charge in [-0.3, -0.25) is 14.6 Å². The van der Waals surface area contributed by atoms with E-state index in [0.29, 0.717) is 18.3 Å². The predicted octanol–water partition coefficient (Wildman–Crippen LogP) is 2.90. The SMILES string of the molecule is COc1c(CN2CCC(c3nc(C)c4c(n3)N(CC3CC3)C(=O)CC4)CC2)c(C)nn1C. The van der Waals surface area contributed by atoms with Crippen LogP contribution in [0.4, 0.5) is 5.82 Å². The number of methoxy groups -OCH3 is 1. The number of fused-ring (bicyclic) bond motifs is 1. The van der Waals surface area contributed by atoms with Crippen molar-refractivity contribution in [2.24, 2.45) is 13.0 Å². The van der Waals surface area contributed by atoms with Gasteiger partial charge in [-0.15, -0.1) is 0 Å². The average Bonchev–Trinajstić information content (AvgIpc) is 3.55. The van der Waals surface area contributed by atoms with Crippen molar-refractivity contribution in [2.45, 2.75) is 64.8 Å². The Hall–Kier alpha value is -2.48. The summed E-state index contributed by atoms with van der Waals surface area (Å²) >= 11 is 0. The molecule has 1 aliphatic carbocycles. The van der Waals surface area contributed by atoms with Crippen molar-refractivity contribution in [3.8, 4) is 5.88 Å². The molecule has 8 heteroatoms. The molecule has 0 bridgehead atoms. The Bertz CT molecular complexity index is 1020. The van der Waals surface area contributed by atoms with Gasteiger partial charge in [-0.25, -0.2) is 14.6 Å². The van der Waals surface area contributed by atoms with E-state index in [4.69, 9.17) is 14.7 Å². The number of amides is 1. The maximum absolute atomic E-state index is 12.7. The summed E-state index contributed by atoms with van der Waals surface area (Å²) in [6.07, 6.45) is 5.86. The molecule has 2 fully saturated rings. The van der Waals surface area contributed by atoms with Gasteiger partial charge in [0.15, 0.2) is 0 Å². The second kappa shape index (κ2) is 8.46. The Morgan fingerprint density at radius 3 is 2.47 bits per heavy atom. The fourth-order valence-electron chi connectivity index (χ4n) is 5.22. The molecular weight excluding hydrogens is 404 g/mol. The van der Waals surface area contributed by atoms with Crippen LogP contribution in [0.3, 0.4) is 0 Å². The molecule has 2 aromatic rings. The molecule has 0 atom stereocenters. The first kappa shape index (κ1) is 21.4. The van der Waals surface area contributed by atoms with Gasteiger partial charge in [0.05, 0.1) is 18.4 Å². The van der Waals surface area contributed by atoms with Gasteiger partial charge >= 0.3 is 0 Å². The molecule has 8 nitrogen and oxygen atoms in total. The van der Waals surface area contributed by atoms with Gasteiger partial charge in [-0.05, 0) is 65.0 Å². The number of aromatic nitrogens is 4. The van der Waals surface area contributed by atoms with Crippen LogP contribution in [0.5, 0.6) is 5.88 Å². The van der Waals surface area contributed by atoms with E-state index in [1.807, 2.05) is 23.6 Å². The zero-order valence-corrected chi connectivity index (χ0v) is 19.7. The number of nitrogens with zero attached hydrogens (tertiary/aromatic N) is 6. The Morgan fingerprint density at radius 1 is 1.03 bits per heavy atom. The number of rotatable bonds is 6. The van der Waals surface area contributed by atoms with Gasteiger partial charge in [-0.1, -0.05) is 0 Å². The smallest absolute Gasteiger partial charge is 0.228 e. The highest BCUT2D eigenvalue weighted by Gasteiger charge is 2.34. The van der Waals surface area contributed by atoms with E-state index < -0.39 is 0 Å². The summed E-state index contributed by atoms with van der Waals surface area (Å²) in [5.41, 5.74) is 4.42. The van der Waals surface area contributed by atoms with E-state index in [1.165, 1.54) is 24.0 Å². The maximum atomic E-state index is 12.7. The third-order valence-electron chi connectivity index (χ3n) is 7.31. The van der Waals surface area contributed by atoms with E-state index >= 15 is 0 Å². The number of piperidine rings is 1. The summed E-state index contributed by atoms with van der Waals surface area (Å²) < 4.78 is 7.38. The van der Waals surface area contributed by atoms with E-state index in [1.54, 1.807) is 7.11 Å². The molecule has 0 spiro atoms. The third-order valence-corrected chi connectivity index (χ3v) is 7.31. The second-order valence-electron chi connectivity index (χ2n) is 9.66. The summed E-state index contributed by atoms with van der Waals surface area (Å²) in [6.45, 7) is 7.79. The quantitative estimate of drug-likeness (QED) is 0.690. The van der Waals surface area contributed by atoms with Crippen LogP contribution in [-0.4, -0.2) is 57.3 Å². The summed E-state index contributed by atoms with van der Waals surface area (Å²) in [5.74, 6) is 3.88.